The molecule has 1 amide bonds. The number of para-hydroxylation sites is 1. The lowest BCUT2D eigenvalue weighted by Crippen LogP contribution is -2.46. The normalized spacial score (nSPS) is 30.1. The molecular weight excluding hydrogens is 323 g/mol. The summed E-state index contributed by atoms with van der Waals surface area (Å²) in [5.74, 6) is -0.758. The zero-order valence-corrected chi connectivity index (χ0v) is 13.3. The summed E-state index contributed by atoms with van der Waals surface area (Å²) < 4.78 is 41.6. The highest BCUT2D eigenvalue weighted by Gasteiger charge is 2.48. The third-order valence-corrected chi connectivity index (χ3v) is 4.88. The number of halogens is 3. The first-order valence-electron chi connectivity index (χ1n) is 8.08. The molecule has 4 atom stereocenters. The second-order valence-electron chi connectivity index (χ2n) is 6.65. The van der Waals surface area contributed by atoms with Crippen LogP contribution in [-0.4, -0.2) is 41.5 Å². The van der Waals surface area contributed by atoms with E-state index in [4.69, 9.17) is 0 Å². The number of aliphatic hydroxyl groups excluding tert-OH is 1. The van der Waals surface area contributed by atoms with Crippen molar-refractivity contribution in [3.63, 3.8) is 0 Å². The molecule has 1 aliphatic heterocycles. The van der Waals surface area contributed by atoms with Crippen LogP contribution in [0.3, 0.4) is 0 Å². The minimum atomic E-state index is -4.75. The van der Waals surface area contributed by atoms with E-state index in [-0.39, 0.29) is 29.4 Å². The van der Waals surface area contributed by atoms with Gasteiger partial charge in [-0.05, 0) is 36.3 Å². The number of carbonyl (C=O) groups excluding carboxylic acids is 1. The van der Waals surface area contributed by atoms with Crippen molar-refractivity contribution >= 4 is 5.91 Å². The smallest absolute Gasteiger partial charge is 0.405 e. The van der Waals surface area contributed by atoms with Crippen molar-refractivity contribution in [3.05, 3.63) is 29.8 Å². The number of rotatable bonds is 3. The Bertz CT molecular complexity index is 619. The Balaban J connectivity index is 1.68. The molecule has 1 saturated heterocycles. The van der Waals surface area contributed by atoms with Gasteiger partial charge in [-0.2, -0.15) is 0 Å². The molecule has 24 heavy (non-hydrogen) atoms. The molecule has 1 aliphatic carbocycles. The van der Waals surface area contributed by atoms with E-state index in [9.17, 15) is 23.1 Å². The van der Waals surface area contributed by atoms with E-state index in [1.807, 2.05) is 6.92 Å². The Kier molecular flexibility index (Phi) is 4.46. The Hall–Kier alpha value is -1.76. The van der Waals surface area contributed by atoms with Gasteiger partial charge in [0, 0.05) is 19.0 Å². The molecule has 0 aromatic heterocycles. The fourth-order valence-corrected chi connectivity index (χ4v) is 3.30. The van der Waals surface area contributed by atoms with Crippen LogP contribution in [0.2, 0.25) is 0 Å². The summed E-state index contributed by atoms with van der Waals surface area (Å²) in [4.78, 5) is 14.2. The highest BCUT2D eigenvalue weighted by Crippen LogP contribution is 2.52. The van der Waals surface area contributed by atoms with Crippen LogP contribution >= 0.6 is 0 Å². The summed E-state index contributed by atoms with van der Waals surface area (Å²) in [6, 6.07) is 5.97. The number of aliphatic hydroxyl groups is 1. The second-order valence-corrected chi connectivity index (χ2v) is 6.65. The van der Waals surface area contributed by atoms with Gasteiger partial charge < -0.3 is 14.7 Å². The number of amides is 1. The molecule has 7 heteroatoms. The van der Waals surface area contributed by atoms with Crippen molar-refractivity contribution < 1.29 is 27.8 Å². The predicted molar refractivity (Wildman–Crippen MR) is 80.3 cm³/mol. The molecule has 1 aromatic rings. The number of likely N-dealkylation sites (tertiary alicyclic amines) is 1. The molecule has 4 nitrogen and oxygen atoms in total. The van der Waals surface area contributed by atoms with Gasteiger partial charge >= 0.3 is 6.36 Å². The number of alkyl halides is 3. The van der Waals surface area contributed by atoms with Crippen LogP contribution in [0.5, 0.6) is 5.75 Å². The van der Waals surface area contributed by atoms with Crippen molar-refractivity contribution in [3.8, 4) is 5.75 Å². The van der Waals surface area contributed by atoms with E-state index in [2.05, 4.69) is 4.74 Å². The average molecular weight is 343 g/mol. The van der Waals surface area contributed by atoms with Gasteiger partial charge in [0.05, 0.1) is 6.10 Å². The van der Waals surface area contributed by atoms with Gasteiger partial charge in [-0.15, -0.1) is 13.2 Å². The lowest BCUT2D eigenvalue weighted by atomic mass is 9.95. The fraction of sp³-hybridized carbons (Fsp3) is 0.588. The standard InChI is InChI=1S/C17H20F3NO3/c1-10-6-7-21(9-14(10)22)16(23)13-8-12(13)11-4-2-3-5-15(11)24-17(18,19)20/h2-5,10,12-14,22H,6-9H2,1H3. The summed E-state index contributed by atoms with van der Waals surface area (Å²) >= 11 is 0. The van der Waals surface area contributed by atoms with Crippen molar-refractivity contribution in [1.82, 2.24) is 4.90 Å². The molecule has 4 unspecified atom stereocenters. The third kappa shape index (κ3) is 3.66. The molecule has 2 aliphatic rings. The first kappa shape index (κ1) is 17.1. The van der Waals surface area contributed by atoms with Gasteiger partial charge in [0.25, 0.3) is 0 Å². The molecule has 1 N–H and O–H groups in total. The summed E-state index contributed by atoms with van der Waals surface area (Å²) in [6.45, 7) is 2.82. The lowest BCUT2D eigenvalue weighted by molar-refractivity contribution is -0.274. The highest BCUT2D eigenvalue weighted by atomic mass is 19.4. The van der Waals surface area contributed by atoms with Crippen LogP contribution in [0.1, 0.15) is 31.2 Å². The third-order valence-electron chi connectivity index (χ3n) is 4.88. The fourth-order valence-electron chi connectivity index (χ4n) is 3.30. The molecule has 3 rings (SSSR count). The lowest BCUT2D eigenvalue weighted by Gasteiger charge is -2.34. The minimum Gasteiger partial charge on any atom is -0.405 e. The van der Waals surface area contributed by atoms with E-state index in [0.717, 1.165) is 6.42 Å². The van der Waals surface area contributed by atoms with Gasteiger partial charge in [0.15, 0.2) is 0 Å². The topological polar surface area (TPSA) is 49.8 Å². The number of carbonyl (C=O) groups is 1. The Morgan fingerprint density at radius 3 is 2.71 bits per heavy atom. The number of benzene rings is 1. The molecule has 0 spiro atoms. The summed E-state index contributed by atoms with van der Waals surface area (Å²) in [6.07, 6.45) is -4.05. The summed E-state index contributed by atoms with van der Waals surface area (Å²) in [5, 5.41) is 9.91. The van der Waals surface area contributed by atoms with Crippen molar-refractivity contribution in [2.24, 2.45) is 11.8 Å². The van der Waals surface area contributed by atoms with Crippen LogP contribution in [-0.2, 0) is 4.79 Å². The number of hydrogen-bond donors (Lipinski definition) is 1. The van der Waals surface area contributed by atoms with E-state index < -0.39 is 12.5 Å². The molecule has 1 aromatic carbocycles. The maximum Gasteiger partial charge on any atom is 0.573 e. The van der Waals surface area contributed by atoms with Crippen LogP contribution < -0.4 is 4.74 Å². The number of piperidine rings is 1. The molecule has 1 saturated carbocycles. The second kappa shape index (κ2) is 6.27. The Morgan fingerprint density at radius 1 is 1.33 bits per heavy atom. The van der Waals surface area contributed by atoms with Crippen LogP contribution in [0.25, 0.3) is 0 Å². The zero-order valence-electron chi connectivity index (χ0n) is 13.3. The van der Waals surface area contributed by atoms with Crippen LogP contribution in [0.4, 0.5) is 13.2 Å². The van der Waals surface area contributed by atoms with Crippen LogP contribution in [0.15, 0.2) is 24.3 Å². The minimum absolute atomic E-state index is 0.0900. The molecule has 1 heterocycles. The van der Waals surface area contributed by atoms with E-state index >= 15 is 0 Å². The van der Waals surface area contributed by atoms with Crippen molar-refractivity contribution in [2.45, 2.75) is 38.1 Å². The van der Waals surface area contributed by atoms with Gasteiger partial charge in [0.1, 0.15) is 5.75 Å². The Morgan fingerprint density at radius 2 is 2.04 bits per heavy atom. The quantitative estimate of drug-likeness (QED) is 0.918. The summed E-state index contributed by atoms with van der Waals surface area (Å²) in [5.41, 5.74) is 0.416. The zero-order chi connectivity index (χ0) is 17.5. The molecule has 132 valence electrons. The van der Waals surface area contributed by atoms with Gasteiger partial charge in [-0.1, -0.05) is 25.1 Å². The number of hydrogen-bond acceptors (Lipinski definition) is 3. The number of nitrogens with zero attached hydrogens (tertiary/aromatic N) is 1. The SMILES string of the molecule is CC1CCN(C(=O)C2CC2c2ccccc2OC(F)(F)F)CC1O. The number of ether oxygens (including phenoxy) is 1. The highest BCUT2D eigenvalue weighted by molar-refractivity contribution is 5.83. The summed E-state index contributed by atoms with van der Waals surface area (Å²) in [7, 11) is 0. The van der Waals surface area contributed by atoms with Crippen molar-refractivity contribution in [2.75, 3.05) is 13.1 Å². The van der Waals surface area contributed by atoms with Crippen molar-refractivity contribution in [1.29, 1.82) is 0 Å². The largest absolute Gasteiger partial charge is 0.573 e. The Labute approximate surface area is 138 Å². The number of β-amino-alcohol motifs (C(OH)–C–C–N with tert-alkyl or cyclic N) is 1. The van der Waals surface area contributed by atoms with Crippen LogP contribution in [0, 0.1) is 11.8 Å². The van der Waals surface area contributed by atoms with Gasteiger partial charge in [-0.25, -0.2) is 0 Å². The maximum atomic E-state index is 12.5. The molecular formula is C17H20F3NO3. The van der Waals surface area contributed by atoms with E-state index in [1.54, 1.807) is 17.0 Å². The maximum absolute atomic E-state index is 12.5. The average Bonchev–Trinajstić information content (AvgIpc) is 3.28. The first-order chi connectivity index (χ1) is 11.3. The molecule has 0 bridgehead atoms. The first-order valence-corrected chi connectivity index (χ1v) is 8.08. The monoisotopic (exact) mass is 343 g/mol. The molecule has 0 radical (unpaired) electrons. The molecule has 2 fully saturated rings. The van der Waals surface area contributed by atoms with E-state index in [0.29, 0.717) is 25.1 Å². The van der Waals surface area contributed by atoms with Gasteiger partial charge in [-0.3, -0.25) is 4.79 Å². The van der Waals surface area contributed by atoms with E-state index in [1.165, 1.54) is 12.1 Å². The predicted octanol–water partition coefficient (Wildman–Crippen LogP) is 2.92. The van der Waals surface area contributed by atoms with Gasteiger partial charge in [0.2, 0.25) is 5.91 Å².